The summed E-state index contributed by atoms with van der Waals surface area (Å²) in [7, 11) is 1.71. The number of aromatic nitrogens is 6. The summed E-state index contributed by atoms with van der Waals surface area (Å²) in [6, 6.07) is 7.44. The third-order valence-electron chi connectivity index (χ3n) is 6.54. The molecule has 0 aliphatic carbocycles. The quantitative estimate of drug-likeness (QED) is 0.391. The van der Waals surface area contributed by atoms with E-state index in [9.17, 15) is 8.78 Å². The summed E-state index contributed by atoms with van der Waals surface area (Å²) < 4.78 is 37.4. The molecule has 0 radical (unpaired) electrons. The van der Waals surface area contributed by atoms with Crippen molar-refractivity contribution in [2.75, 3.05) is 33.4 Å². The van der Waals surface area contributed by atoms with Crippen molar-refractivity contribution in [3.05, 3.63) is 54.0 Å². The summed E-state index contributed by atoms with van der Waals surface area (Å²) in [6.45, 7) is 7.54. The third kappa shape index (κ3) is 4.68. The standard InChI is InChI=1S/C25H29F2N7O/c1-16(2)25-29-28-23-7-6-22(30-34(23)25)20-15-33(18-8-10-32(11-9-18)12-13-35-3)31-24(20)19-5-4-17(26)14-21(19)27/h4-7,14-16,18H,8-13H2,1-3H3. The first-order chi connectivity index (χ1) is 16.9. The van der Waals surface area contributed by atoms with Gasteiger partial charge in [-0.05, 0) is 37.1 Å². The van der Waals surface area contributed by atoms with Crippen LogP contribution in [0.4, 0.5) is 8.78 Å². The summed E-state index contributed by atoms with van der Waals surface area (Å²) in [6.07, 6.45) is 3.78. The average Bonchev–Trinajstić information content (AvgIpc) is 3.47. The Morgan fingerprint density at radius 3 is 2.54 bits per heavy atom. The minimum Gasteiger partial charge on any atom is -0.383 e. The van der Waals surface area contributed by atoms with Gasteiger partial charge in [0, 0.05) is 56.1 Å². The molecule has 3 aromatic heterocycles. The van der Waals surface area contributed by atoms with Crippen LogP contribution in [0.2, 0.25) is 0 Å². The predicted molar refractivity (Wildman–Crippen MR) is 128 cm³/mol. The number of piperidine rings is 1. The lowest BCUT2D eigenvalue weighted by Gasteiger charge is -2.31. The van der Waals surface area contributed by atoms with Gasteiger partial charge in [0.2, 0.25) is 0 Å². The van der Waals surface area contributed by atoms with Crippen molar-refractivity contribution in [3.8, 4) is 22.5 Å². The smallest absolute Gasteiger partial charge is 0.177 e. The number of nitrogens with zero attached hydrogens (tertiary/aromatic N) is 7. The Morgan fingerprint density at radius 2 is 1.83 bits per heavy atom. The van der Waals surface area contributed by atoms with Crippen LogP contribution in [0.1, 0.15) is 44.5 Å². The number of methoxy groups -OCH3 is 1. The number of halogens is 2. The van der Waals surface area contributed by atoms with E-state index in [0.29, 0.717) is 29.2 Å². The second-order valence-electron chi connectivity index (χ2n) is 9.26. The zero-order chi connectivity index (χ0) is 24.5. The molecule has 1 aliphatic heterocycles. The zero-order valence-electron chi connectivity index (χ0n) is 20.2. The number of hydrogen-bond donors (Lipinski definition) is 0. The second kappa shape index (κ2) is 9.79. The summed E-state index contributed by atoms with van der Waals surface area (Å²) in [5.74, 6) is -0.402. The number of benzene rings is 1. The number of rotatable bonds is 7. The predicted octanol–water partition coefficient (Wildman–Crippen LogP) is 4.34. The Hall–Kier alpha value is -3.24. The molecule has 0 saturated carbocycles. The topological polar surface area (TPSA) is 73.4 Å². The third-order valence-corrected chi connectivity index (χ3v) is 6.54. The molecule has 0 atom stereocenters. The molecule has 4 aromatic rings. The van der Waals surface area contributed by atoms with Crippen molar-refractivity contribution < 1.29 is 13.5 Å². The summed E-state index contributed by atoms with van der Waals surface area (Å²) in [5, 5.41) is 18.1. The first-order valence-corrected chi connectivity index (χ1v) is 11.9. The molecule has 0 spiro atoms. The maximum atomic E-state index is 14.9. The number of ether oxygens (including phenoxy) is 1. The Bertz CT molecular complexity index is 1320. The van der Waals surface area contributed by atoms with Gasteiger partial charge in [-0.3, -0.25) is 4.68 Å². The lowest BCUT2D eigenvalue weighted by molar-refractivity contribution is 0.119. The second-order valence-corrected chi connectivity index (χ2v) is 9.26. The van der Waals surface area contributed by atoms with E-state index in [2.05, 4.69) is 15.1 Å². The van der Waals surface area contributed by atoms with Crippen molar-refractivity contribution >= 4 is 5.65 Å². The molecule has 8 nitrogen and oxygen atoms in total. The van der Waals surface area contributed by atoms with E-state index in [0.717, 1.165) is 44.4 Å². The fraction of sp³-hybridized carbons (Fsp3) is 0.440. The largest absolute Gasteiger partial charge is 0.383 e. The van der Waals surface area contributed by atoms with Crippen LogP contribution in [-0.2, 0) is 4.74 Å². The molecule has 1 saturated heterocycles. The molecule has 0 amide bonds. The monoisotopic (exact) mass is 481 g/mol. The molecular formula is C25H29F2N7O. The Balaban J connectivity index is 1.55. The molecule has 5 rings (SSSR count). The normalized spacial score (nSPS) is 15.5. The van der Waals surface area contributed by atoms with Crippen molar-refractivity contribution in [1.82, 2.24) is 34.5 Å². The van der Waals surface area contributed by atoms with Gasteiger partial charge in [-0.15, -0.1) is 10.2 Å². The summed E-state index contributed by atoms with van der Waals surface area (Å²) >= 11 is 0. The van der Waals surface area contributed by atoms with Crippen LogP contribution in [0.5, 0.6) is 0 Å². The van der Waals surface area contributed by atoms with E-state index in [-0.39, 0.29) is 17.5 Å². The minimum absolute atomic E-state index is 0.132. The molecule has 1 fully saturated rings. The van der Waals surface area contributed by atoms with Crippen LogP contribution in [0.3, 0.4) is 0 Å². The molecular weight excluding hydrogens is 452 g/mol. The van der Waals surface area contributed by atoms with Crippen LogP contribution in [-0.4, -0.2) is 67.8 Å². The van der Waals surface area contributed by atoms with Crippen molar-refractivity contribution in [3.63, 3.8) is 0 Å². The van der Waals surface area contributed by atoms with Crippen molar-refractivity contribution in [2.24, 2.45) is 0 Å². The van der Waals surface area contributed by atoms with Crippen molar-refractivity contribution in [2.45, 2.75) is 38.6 Å². The molecule has 1 aliphatic rings. The van der Waals surface area contributed by atoms with E-state index >= 15 is 0 Å². The van der Waals surface area contributed by atoms with Gasteiger partial charge < -0.3 is 9.64 Å². The first-order valence-electron chi connectivity index (χ1n) is 11.9. The molecule has 10 heteroatoms. The van der Waals surface area contributed by atoms with E-state index in [1.807, 2.05) is 36.9 Å². The highest BCUT2D eigenvalue weighted by atomic mass is 19.1. The SMILES string of the molecule is COCCN1CCC(n2cc(-c3ccc4nnc(C(C)C)n4n3)c(-c3ccc(F)cc3F)n2)CC1. The summed E-state index contributed by atoms with van der Waals surface area (Å²) in [4.78, 5) is 2.37. The molecule has 0 bridgehead atoms. The van der Waals surface area contributed by atoms with Crippen molar-refractivity contribution in [1.29, 1.82) is 0 Å². The van der Waals surface area contributed by atoms with Crippen LogP contribution in [0, 0.1) is 11.6 Å². The zero-order valence-corrected chi connectivity index (χ0v) is 20.2. The van der Waals surface area contributed by atoms with Gasteiger partial charge >= 0.3 is 0 Å². The Morgan fingerprint density at radius 1 is 1.03 bits per heavy atom. The fourth-order valence-electron chi connectivity index (χ4n) is 4.58. The molecule has 0 unspecified atom stereocenters. The van der Waals surface area contributed by atoms with Gasteiger partial charge in [0.25, 0.3) is 0 Å². The van der Waals surface area contributed by atoms with Gasteiger partial charge in [-0.2, -0.15) is 14.7 Å². The first kappa shape index (κ1) is 23.5. The molecule has 0 N–H and O–H groups in total. The highest BCUT2D eigenvalue weighted by Crippen LogP contribution is 2.34. The van der Waals surface area contributed by atoms with E-state index in [1.54, 1.807) is 11.6 Å². The summed E-state index contributed by atoms with van der Waals surface area (Å²) in [5.41, 5.74) is 2.63. The number of hydrogen-bond acceptors (Lipinski definition) is 6. The van der Waals surface area contributed by atoms with Gasteiger partial charge in [-0.1, -0.05) is 13.8 Å². The Kier molecular flexibility index (Phi) is 6.57. The number of fused-ring (bicyclic) bond motifs is 1. The van der Waals surface area contributed by atoms with Crippen LogP contribution >= 0.6 is 0 Å². The van der Waals surface area contributed by atoms with Crippen LogP contribution in [0.25, 0.3) is 28.2 Å². The lowest BCUT2D eigenvalue weighted by atomic mass is 10.0. The maximum absolute atomic E-state index is 14.9. The fourth-order valence-corrected chi connectivity index (χ4v) is 4.58. The van der Waals surface area contributed by atoms with E-state index in [4.69, 9.17) is 14.9 Å². The maximum Gasteiger partial charge on any atom is 0.177 e. The van der Waals surface area contributed by atoms with Gasteiger partial charge in [0.15, 0.2) is 11.5 Å². The van der Waals surface area contributed by atoms with Gasteiger partial charge in [0.1, 0.15) is 17.3 Å². The minimum atomic E-state index is -0.654. The number of likely N-dealkylation sites (tertiary alicyclic amines) is 1. The highest BCUT2D eigenvalue weighted by Gasteiger charge is 2.25. The molecule has 4 heterocycles. The van der Waals surface area contributed by atoms with Crippen LogP contribution in [0.15, 0.2) is 36.5 Å². The van der Waals surface area contributed by atoms with Crippen LogP contribution < -0.4 is 0 Å². The lowest BCUT2D eigenvalue weighted by Crippen LogP contribution is -2.36. The van der Waals surface area contributed by atoms with Gasteiger partial charge in [-0.25, -0.2) is 8.78 Å². The van der Waals surface area contributed by atoms with Gasteiger partial charge in [0.05, 0.1) is 18.3 Å². The van der Waals surface area contributed by atoms with E-state index in [1.165, 1.54) is 12.1 Å². The highest BCUT2D eigenvalue weighted by molar-refractivity contribution is 5.79. The molecule has 184 valence electrons. The van der Waals surface area contributed by atoms with E-state index < -0.39 is 11.6 Å². The Labute approximate surface area is 202 Å². The molecule has 35 heavy (non-hydrogen) atoms. The average molecular weight is 482 g/mol. The molecule has 1 aromatic carbocycles.